The average molecular weight is 360 g/mol. The van der Waals surface area contributed by atoms with E-state index in [1.165, 1.54) is 0 Å². The first-order valence-corrected chi connectivity index (χ1v) is 7.82. The Hall–Kier alpha value is -1.99. The summed E-state index contributed by atoms with van der Waals surface area (Å²) in [5.41, 5.74) is 1.78. The monoisotopic (exact) mass is 359 g/mol. The molecule has 2 N–H and O–H groups in total. The molecule has 1 unspecified atom stereocenters. The molecule has 0 radical (unpaired) electrons. The van der Waals surface area contributed by atoms with Gasteiger partial charge in [0.15, 0.2) is 0 Å². The van der Waals surface area contributed by atoms with Gasteiger partial charge in [-0.3, -0.25) is 15.1 Å². The maximum Gasteiger partial charge on any atom is 0.125 e. The van der Waals surface area contributed by atoms with Crippen molar-refractivity contribution in [3.05, 3.63) is 47.1 Å². The number of fused-ring (bicyclic) bond motifs is 1. The van der Waals surface area contributed by atoms with E-state index in [-0.39, 0.29) is 0 Å². The molecule has 0 amide bonds. The molecule has 0 spiro atoms. The van der Waals surface area contributed by atoms with E-state index in [1.54, 1.807) is 18.6 Å². The molecule has 1 saturated heterocycles. The van der Waals surface area contributed by atoms with Crippen LogP contribution in [0.1, 0.15) is 12.1 Å². The van der Waals surface area contributed by atoms with Gasteiger partial charge in [0, 0.05) is 48.8 Å². The molecule has 1 atom stereocenters. The lowest BCUT2D eigenvalue weighted by Crippen LogP contribution is -2.31. The maximum absolute atomic E-state index is 10.9. The predicted molar refractivity (Wildman–Crippen MR) is 86.6 cm³/mol. The molecule has 0 bridgehead atoms. The van der Waals surface area contributed by atoms with Gasteiger partial charge in [0.1, 0.15) is 5.60 Å². The van der Waals surface area contributed by atoms with Crippen LogP contribution in [0.15, 0.2) is 41.4 Å². The zero-order chi connectivity index (χ0) is 15.2. The van der Waals surface area contributed by atoms with Crippen LogP contribution >= 0.6 is 15.9 Å². The zero-order valence-electron chi connectivity index (χ0n) is 11.7. The molecule has 7 heteroatoms. The van der Waals surface area contributed by atoms with Gasteiger partial charge in [-0.1, -0.05) is 0 Å². The van der Waals surface area contributed by atoms with E-state index in [9.17, 15) is 5.11 Å². The number of aromatic nitrogens is 4. The summed E-state index contributed by atoms with van der Waals surface area (Å²) in [5, 5.41) is 18.7. The van der Waals surface area contributed by atoms with Crippen molar-refractivity contribution in [3.63, 3.8) is 0 Å². The Labute approximate surface area is 135 Å². The van der Waals surface area contributed by atoms with Crippen LogP contribution in [0.4, 0.5) is 5.69 Å². The predicted octanol–water partition coefficient (Wildman–Crippen LogP) is 2.21. The van der Waals surface area contributed by atoms with Crippen molar-refractivity contribution in [2.45, 2.75) is 12.0 Å². The van der Waals surface area contributed by atoms with Gasteiger partial charge in [0.05, 0.1) is 22.2 Å². The summed E-state index contributed by atoms with van der Waals surface area (Å²) < 4.78 is 0.870. The van der Waals surface area contributed by atoms with Crippen molar-refractivity contribution in [2.24, 2.45) is 0 Å². The summed E-state index contributed by atoms with van der Waals surface area (Å²) in [6.07, 6.45) is 7.66. The molecule has 0 aromatic carbocycles. The quantitative estimate of drug-likeness (QED) is 0.733. The van der Waals surface area contributed by atoms with Crippen LogP contribution in [-0.4, -0.2) is 38.4 Å². The van der Waals surface area contributed by atoms with Gasteiger partial charge in [-0.15, -0.1) is 0 Å². The van der Waals surface area contributed by atoms with Gasteiger partial charge in [-0.05, 0) is 28.1 Å². The third-order valence-corrected chi connectivity index (χ3v) is 4.76. The van der Waals surface area contributed by atoms with E-state index in [1.807, 2.05) is 18.3 Å². The van der Waals surface area contributed by atoms with Crippen LogP contribution in [0.2, 0.25) is 0 Å². The van der Waals surface area contributed by atoms with E-state index in [0.29, 0.717) is 13.0 Å². The van der Waals surface area contributed by atoms with E-state index < -0.39 is 5.60 Å². The number of aromatic amines is 1. The Bertz CT molecular complexity index is 822. The van der Waals surface area contributed by atoms with Crippen molar-refractivity contribution in [1.82, 2.24) is 20.2 Å². The van der Waals surface area contributed by atoms with Crippen molar-refractivity contribution in [2.75, 3.05) is 18.0 Å². The highest BCUT2D eigenvalue weighted by atomic mass is 79.9. The standard InChI is InChI=1S/C15H14BrN5O/c16-11-8-17-7-10-12(1-4-18-14(10)11)21-6-3-15(22,9-21)13-2-5-19-20-13/h1-2,4-5,7-8,22H,3,6,9H2,(H,19,20). The number of anilines is 1. The first-order valence-electron chi connectivity index (χ1n) is 7.03. The second-order valence-corrected chi connectivity index (χ2v) is 6.38. The SMILES string of the molecule is OC1(c2ccn[nH]2)CCN(c2ccnc3c(Br)cncc23)C1. The van der Waals surface area contributed by atoms with Crippen LogP contribution in [0.25, 0.3) is 10.9 Å². The number of nitrogens with zero attached hydrogens (tertiary/aromatic N) is 4. The molecular weight excluding hydrogens is 346 g/mol. The van der Waals surface area contributed by atoms with Crippen LogP contribution in [0.3, 0.4) is 0 Å². The van der Waals surface area contributed by atoms with Crippen molar-refractivity contribution < 1.29 is 5.11 Å². The van der Waals surface area contributed by atoms with Crippen molar-refractivity contribution >= 4 is 32.5 Å². The molecule has 4 rings (SSSR count). The second kappa shape index (κ2) is 5.03. The van der Waals surface area contributed by atoms with Gasteiger partial charge in [0.2, 0.25) is 0 Å². The van der Waals surface area contributed by atoms with Crippen LogP contribution in [0, 0.1) is 0 Å². The summed E-state index contributed by atoms with van der Waals surface area (Å²) in [5.74, 6) is 0. The van der Waals surface area contributed by atoms with E-state index in [4.69, 9.17) is 0 Å². The Morgan fingerprint density at radius 2 is 2.18 bits per heavy atom. The highest BCUT2D eigenvalue weighted by Gasteiger charge is 2.39. The number of aliphatic hydroxyl groups is 1. The van der Waals surface area contributed by atoms with Crippen LogP contribution in [0.5, 0.6) is 0 Å². The molecule has 0 saturated carbocycles. The molecule has 1 fully saturated rings. The van der Waals surface area contributed by atoms with Gasteiger partial charge in [-0.2, -0.15) is 5.10 Å². The second-order valence-electron chi connectivity index (χ2n) is 5.52. The molecule has 4 heterocycles. The van der Waals surface area contributed by atoms with Gasteiger partial charge in [0.25, 0.3) is 0 Å². The molecule has 1 aliphatic heterocycles. The lowest BCUT2D eigenvalue weighted by molar-refractivity contribution is 0.0560. The van der Waals surface area contributed by atoms with E-state index >= 15 is 0 Å². The number of rotatable bonds is 2. The third-order valence-electron chi connectivity index (χ3n) is 4.18. The van der Waals surface area contributed by atoms with E-state index in [0.717, 1.165) is 33.3 Å². The number of hydrogen-bond donors (Lipinski definition) is 2. The Kier molecular flexibility index (Phi) is 3.12. The molecule has 0 aliphatic carbocycles. The summed E-state index contributed by atoms with van der Waals surface area (Å²) in [6, 6.07) is 3.79. The summed E-state index contributed by atoms with van der Waals surface area (Å²) in [7, 11) is 0. The molecule has 22 heavy (non-hydrogen) atoms. The minimum absolute atomic E-state index is 0.515. The molecule has 112 valence electrons. The van der Waals surface area contributed by atoms with Crippen molar-refractivity contribution in [1.29, 1.82) is 0 Å². The Morgan fingerprint density at radius 3 is 3.00 bits per heavy atom. The highest BCUT2D eigenvalue weighted by molar-refractivity contribution is 9.10. The smallest absolute Gasteiger partial charge is 0.125 e. The number of hydrogen-bond acceptors (Lipinski definition) is 5. The zero-order valence-corrected chi connectivity index (χ0v) is 13.3. The Balaban J connectivity index is 1.74. The minimum Gasteiger partial charge on any atom is -0.382 e. The van der Waals surface area contributed by atoms with Crippen LogP contribution < -0.4 is 4.90 Å². The lowest BCUT2D eigenvalue weighted by Gasteiger charge is -2.24. The van der Waals surface area contributed by atoms with Crippen molar-refractivity contribution in [3.8, 4) is 0 Å². The fourth-order valence-corrected chi connectivity index (χ4v) is 3.46. The van der Waals surface area contributed by atoms with Gasteiger partial charge < -0.3 is 10.0 Å². The third kappa shape index (κ3) is 2.08. The highest BCUT2D eigenvalue weighted by Crippen LogP contribution is 2.36. The molecule has 3 aromatic heterocycles. The normalized spacial score (nSPS) is 21.6. The Morgan fingerprint density at radius 1 is 1.27 bits per heavy atom. The maximum atomic E-state index is 10.9. The first-order chi connectivity index (χ1) is 10.7. The number of β-amino-alcohol motifs (C(OH)–C–C–N with tert-alkyl or cyclic N) is 1. The fraction of sp³-hybridized carbons (Fsp3) is 0.267. The number of nitrogens with one attached hydrogen (secondary N) is 1. The summed E-state index contributed by atoms with van der Waals surface area (Å²) >= 11 is 3.49. The largest absolute Gasteiger partial charge is 0.382 e. The first kappa shape index (κ1) is 13.7. The molecular formula is C15H14BrN5O. The minimum atomic E-state index is -0.897. The fourth-order valence-electron chi connectivity index (χ4n) is 3.03. The molecule has 6 nitrogen and oxygen atoms in total. The number of pyridine rings is 2. The molecule has 1 aliphatic rings. The lowest BCUT2D eigenvalue weighted by atomic mass is 9.99. The van der Waals surface area contributed by atoms with Crippen LogP contribution in [-0.2, 0) is 5.60 Å². The number of halogens is 1. The number of H-pyrrole nitrogens is 1. The average Bonchev–Trinajstić information content (AvgIpc) is 3.18. The topological polar surface area (TPSA) is 77.9 Å². The van der Waals surface area contributed by atoms with Gasteiger partial charge >= 0.3 is 0 Å². The summed E-state index contributed by atoms with van der Waals surface area (Å²) in [4.78, 5) is 10.8. The van der Waals surface area contributed by atoms with E-state index in [2.05, 4.69) is 41.0 Å². The summed E-state index contributed by atoms with van der Waals surface area (Å²) in [6.45, 7) is 1.28. The van der Waals surface area contributed by atoms with Gasteiger partial charge in [-0.25, -0.2) is 0 Å². The molecule has 3 aromatic rings.